The molecule has 0 spiro atoms. The van der Waals surface area contributed by atoms with Crippen molar-refractivity contribution < 1.29 is 9.53 Å². The molecule has 0 atom stereocenters. The summed E-state index contributed by atoms with van der Waals surface area (Å²) in [6.07, 6.45) is 1.71. The molecule has 0 amide bonds. The van der Waals surface area contributed by atoms with E-state index in [9.17, 15) is 4.79 Å². The number of thiocarbonyl (C=S) groups is 1. The lowest BCUT2D eigenvalue weighted by Crippen LogP contribution is -2.28. The molecule has 1 aromatic carbocycles. The molecule has 0 saturated heterocycles. The van der Waals surface area contributed by atoms with E-state index < -0.39 is 0 Å². The fourth-order valence-electron chi connectivity index (χ4n) is 1.18. The van der Waals surface area contributed by atoms with Gasteiger partial charge in [0, 0.05) is 12.2 Å². The largest absolute Gasteiger partial charge is 0.465 e. The molecule has 0 heterocycles. The number of anilines is 1. The zero-order chi connectivity index (χ0) is 12.7. The Morgan fingerprint density at radius 1 is 1.59 bits per heavy atom. The molecule has 0 aliphatic carbocycles. The number of hydrogen-bond donors (Lipinski definition) is 2. The molecule has 0 aliphatic heterocycles. The molecule has 0 bridgehead atoms. The molecule has 0 fully saturated rings. The standard InChI is InChI=1S/C12H14N2O2S/c1-3-7-13-12(17)14-10-6-4-5-9(8-10)11(15)16-2/h3-6,8H,1,7H2,2H3,(H2,13,14,17). The van der Waals surface area contributed by atoms with Gasteiger partial charge in [-0.25, -0.2) is 4.79 Å². The first-order valence-electron chi connectivity index (χ1n) is 5.01. The summed E-state index contributed by atoms with van der Waals surface area (Å²) in [7, 11) is 1.35. The molecular formula is C12H14N2O2S. The van der Waals surface area contributed by atoms with Crippen molar-refractivity contribution in [1.82, 2.24) is 5.32 Å². The van der Waals surface area contributed by atoms with E-state index in [4.69, 9.17) is 12.2 Å². The molecule has 90 valence electrons. The van der Waals surface area contributed by atoms with E-state index in [0.29, 0.717) is 17.2 Å². The zero-order valence-electron chi connectivity index (χ0n) is 9.53. The van der Waals surface area contributed by atoms with Crippen LogP contribution in [0, 0.1) is 0 Å². The average Bonchev–Trinajstić information content (AvgIpc) is 2.35. The number of ether oxygens (including phenoxy) is 1. The summed E-state index contributed by atoms with van der Waals surface area (Å²) in [5.41, 5.74) is 1.21. The second kappa shape index (κ2) is 6.65. The molecule has 0 aliphatic rings. The van der Waals surface area contributed by atoms with Gasteiger partial charge in [-0.3, -0.25) is 0 Å². The Labute approximate surface area is 106 Å². The quantitative estimate of drug-likeness (QED) is 0.486. The SMILES string of the molecule is C=CCNC(=S)Nc1cccc(C(=O)OC)c1. The van der Waals surface area contributed by atoms with Crippen molar-refractivity contribution in [2.45, 2.75) is 0 Å². The third-order valence-electron chi connectivity index (χ3n) is 1.95. The summed E-state index contributed by atoms with van der Waals surface area (Å²) in [6.45, 7) is 4.16. The second-order valence-corrected chi connectivity index (χ2v) is 3.60. The highest BCUT2D eigenvalue weighted by atomic mass is 32.1. The van der Waals surface area contributed by atoms with E-state index >= 15 is 0 Å². The van der Waals surface area contributed by atoms with Crippen LogP contribution in [-0.4, -0.2) is 24.7 Å². The summed E-state index contributed by atoms with van der Waals surface area (Å²) < 4.78 is 4.63. The fraction of sp³-hybridized carbons (Fsp3) is 0.167. The van der Waals surface area contributed by atoms with Gasteiger partial charge in [0.1, 0.15) is 0 Å². The second-order valence-electron chi connectivity index (χ2n) is 3.20. The molecule has 1 rings (SSSR count). The van der Waals surface area contributed by atoms with Crippen molar-refractivity contribution >= 4 is 29.0 Å². The molecule has 0 radical (unpaired) electrons. The summed E-state index contributed by atoms with van der Waals surface area (Å²) in [6, 6.07) is 6.92. The van der Waals surface area contributed by atoms with Gasteiger partial charge < -0.3 is 15.4 Å². The number of hydrogen-bond acceptors (Lipinski definition) is 3. The Morgan fingerprint density at radius 2 is 2.35 bits per heavy atom. The van der Waals surface area contributed by atoms with Crippen molar-refractivity contribution in [3.05, 3.63) is 42.5 Å². The topological polar surface area (TPSA) is 50.4 Å². The predicted octanol–water partition coefficient (Wildman–Crippen LogP) is 1.95. The van der Waals surface area contributed by atoms with E-state index in [0.717, 1.165) is 5.69 Å². The normalized spacial score (nSPS) is 9.24. The van der Waals surface area contributed by atoms with Crippen LogP contribution in [0.2, 0.25) is 0 Å². The minimum atomic E-state index is -0.376. The molecule has 0 saturated carbocycles. The maximum Gasteiger partial charge on any atom is 0.337 e. The number of methoxy groups -OCH3 is 1. The van der Waals surface area contributed by atoms with E-state index in [1.807, 2.05) is 6.07 Å². The van der Waals surface area contributed by atoms with Gasteiger partial charge in [-0.2, -0.15) is 0 Å². The number of esters is 1. The van der Waals surface area contributed by atoms with Gasteiger partial charge in [-0.15, -0.1) is 6.58 Å². The van der Waals surface area contributed by atoms with Crippen molar-refractivity contribution in [1.29, 1.82) is 0 Å². The van der Waals surface area contributed by atoms with Gasteiger partial charge in [0.2, 0.25) is 0 Å². The van der Waals surface area contributed by atoms with Crippen LogP contribution in [0.3, 0.4) is 0 Å². The molecule has 17 heavy (non-hydrogen) atoms. The maximum atomic E-state index is 11.3. The molecule has 2 N–H and O–H groups in total. The first-order valence-corrected chi connectivity index (χ1v) is 5.42. The highest BCUT2D eigenvalue weighted by Gasteiger charge is 2.05. The monoisotopic (exact) mass is 250 g/mol. The van der Waals surface area contributed by atoms with Crippen LogP contribution in [0.5, 0.6) is 0 Å². The van der Waals surface area contributed by atoms with Crippen LogP contribution < -0.4 is 10.6 Å². The van der Waals surface area contributed by atoms with E-state index in [-0.39, 0.29) is 5.97 Å². The molecule has 4 nitrogen and oxygen atoms in total. The Bertz CT molecular complexity index is 432. The Kier molecular flexibility index (Phi) is 5.16. The van der Waals surface area contributed by atoms with Gasteiger partial charge in [-0.1, -0.05) is 12.1 Å². The third kappa shape index (κ3) is 4.24. The predicted molar refractivity (Wildman–Crippen MR) is 72.2 cm³/mol. The Balaban J connectivity index is 2.68. The van der Waals surface area contributed by atoms with E-state index in [2.05, 4.69) is 21.9 Å². The molecule has 1 aromatic rings. The van der Waals surface area contributed by atoms with Crippen molar-refractivity contribution in [2.24, 2.45) is 0 Å². The summed E-state index contributed by atoms with van der Waals surface area (Å²) in [5.74, 6) is -0.376. The van der Waals surface area contributed by atoms with Crippen molar-refractivity contribution in [2.75, 3.05) is 19.0 Å². The summed E-state index contributed by atoms with van der Waals surface area (Å²) >= 11 is 5.05. The maximum absolute atomic E-state index is 11.3. The number of carbonyl (C=O) groups is 1. The lowest BCUT2D eigenvalue weighted by molar-refractivity contribution is 0.0601. The number of rotatable bonds is 4. The first-order chi connectivity index (χ1) is 8.17. The van der Waals surface area contributed by atoms with Crippen molar-refractivity contribution in [3.8, 4) is 0 Å². The van der Waals surface area contributed by atoms with Gasteiger partial charge in [0.25, 0.3) is 0 Å². The lowest BCUT2D eigenvalue weighted by atomic mass is 10.2. The van der Waals surface area contributed by atoms with Gasteiger partial charge >= 0.3 is 5.97 Å². The van der Waals surface area contributed by atoms with Crippen LogP contribution in [0.25, 0.3) is 0 Å². The highest BCUT2D eigenvalue weighted by Crippen LogP contribution is 2.11. The van der Waals surface area contributed by atoms with Crippen LogP contribution in [0.4, 0.5) is 5.69 Å². The highest BCUT2D eigenvalue weighted by molar-refractivity contribution is 7.80. The Hall–Kier alpha value is -1.88. The van der Waals surface area contributed by atoms with Gasteiger partial charge in [0.15, 0.2) is 5.11 Å². The van der Waals surface area contributed by atoms with Crippen LogP contribution in [0.1, 0.15) is 10.4 Å². The third-order valence-corrected chi connectivity index (χ3v) is 2.19. The van der Waals surface area contributed by atoms with Crippen LogP contribution in [-0.2, 0) is 4.74 Å². The average molecular weight is 250 g/mol. The molecule has 0 aromatic heterocycles. The molecular weight excluding hydrogens is 236 g/mol. The fourth-order valence-corrected chi connectivity index (χ4v) is 1.38. The van der Waals surface area contributed by atoms with Gasteiger partial charge in [-0.05, 0) is 30.4 Å². The smallest absolute Gasteiger partial charge is 0.337 e. The number of carbonyl (C=O) groups excluding carboxylic acids is 1. The zero-order valence-corrected chi connectivity index (χ0v) is 10.3. The summed E-state index contributed by atoms with van der Waals surface area (Å²) in [5, 5.41) is 6.37. The minimum Gasteiger partial charge on any atom is -0.465 e. The van der Waals surface area contributed by atoms with Gasteiger partial charge in [0.05, 0.1) is 12.7 Å². The first kappa shape index (κ1) is 13.2. The minimum absolute atomic E-state index is 0.376. The number of nitrogens with one attached hydrogen (secondary N) is 2. The lowest BCUT2D eigenvalue weighted by Gasteiger charge is -2.09. The Morgan fingerprint density at radius 3 is 3.00 bits per heavy atom. The molecule has 0 unspecified atom stereocenters. The van der Waals surface area contributed by atoms with E-state index in [1.54, 1.807) is 24.3 Å². The van der Waals surface area contributed by atoms with E-state index in [1.165, 1.54) is 7.11 Å². The molecule has 5 heteroatoms. The summed E-state index contributed by atoms with van der Waals surface area (Å²) in [4.78, 5) is 11.3. The van der Waals surface area contributed by atoms with Crippen molar-refractivity contribution in [3.63, 3.8) is 0 Å². The van der Waals surface area contributed by atoms with Crippen LogP contribution in [0.15, 0.2) is 36.9 Å². The van der Waals surface area contributed by atoms with Crippen LogP contribution >= 0.6 is 12.2 Å². The number of benzene rings is 1.